The maximum Gasteiger partial charge on any atom is 0.0611 e. The van der Waals surface area contributed by atoms with Gasteiger partial charge in [0.2, 0.25) is 0 Å². The van der Waals surface area contributed by atoms with Crippen LogP contribution in [0.5, 0.6) is 0 Å². The van der Waals surface area contributed by atoms with E-state index in [0.717, 1.165) is 25.9 Å². The summed E-state index contributed by atoms with van der Waals surface area (Å²) in [6, 6.07) is 0.503. The normalized spacial score (nSPS) is 17.1. The van der Waals surface area contributed by atoms with E-state index < -0.39 is 0 Å². The van der Waals surface area contributed by atoms with Gasteiger partial charge in [0, 0.05) is 11.6 Å². The Bertz CT molecular complexity index is 187. The highest BCUT2D eigenvalue weighted by atomic mass is 16.3. The first-order valence-corrected chi connectivity index (χ1v) is 7.05. The maximum absolute atomic E-state index is 9.54. The Hall–Kier alpha value is -0.120. The summed E-state index contributed by atoms with van der Waals surface area (Å²) in [4.78, 5) is 2.39. The standard InChI is InChI=1S/C14H32N2O/c1-6-8-10-16(5)13(3)11-14(4,12-17)15-9-7-2/h13,15,17H,6-12H2,1-5H3. The first-order chi connectivity index (χ1) is 7.99. The topological polar surface area (TPSA) is 35.5 Å². The summed E-state index contributed by atoms with van der Waals surface area (Å²) in [7, 11) is 2.18. The Balaban J connectivity index is 4.15. The summed E-state index contributed by atoms with van der Waals surface area (Å²) in [6.07, 6.45) is 4.58. The van der Waals surface area contributed by atoms with Crippen molar-refractivity contribution in [3.8, 4) is 0 Å². The summed E-state index contributed by atoms with van der Waals surface area (Å²) >= 11 is 0. The first kappa shape index (κ1) is 16.9. The lowest BCUT2D eigenvalue weighted by atomic mass is 9.93. The molecule has 2 N–H and O–H groups in total. The number of aliphatic hydroxyl groups excluding tert-OH is 1. The van der Waals surface area contributed by atoms with Crippen molar-refractivity contribution in [3.63, 3.8) is 0 Å². The molecule has 0 aliphatic carbocycles. The van der Waals surface area contributed by atoms with E-state index in [9.17, 15) is 5.11 Å². The van der Waals surface area contributed by atoms with Crippen LogP contribution in [-0.4, -0.2) is 48.3 Å². The van der Waals surface area contributed by atoms with E-state index in [1.807, 2.05) is 0 Å². The number of hydrogen-bond donors (Lipinski definition) is 2. The van der Waals surface area contributed by atoms with Gasteiger partial charge in [-0.25, -0.2) is 0 Å². The van der Waals surface area contributed by atoms with Crippen LogP contribution in [0.1, 0.15) is 53.4 Å². The fraction of sp³-hybridized carbons (Fsp3) is 1.00. The van der Waals surface area contributed by atoms with Crippen molar-refractivity contribution in [2.24, 2.45) is 0 Å². The molecule has 0 fully saturated rings. The monoisotopic (exact) mass is 244 g/mol. The van der Waals surface area contributed by atoms with Crippen molar-refractivity contribution in [1.82, 2.24) is 10.2 Å². The number of nitrogens with one attached hydrogen (secondary N) is 1. The Morgan fingerprint density at radius 1 is 1.29 bits per heavy atom. The zero-order valence-electron chi connectivity index (χ0n) is 12.4. The van der Waals surface area contributed by atoms with Crippen molar-refractivity contribution in [3.05, 3.63) is 0 Å². The smallest absolute Gasteiger partial charge is 0.0611 e. The van der Waals surface area contributed by atoms with Gasteiger partial charge in [-0.05, 0) is 53.2 Å². The van der Waals surface area contributed by atoms with E-state index >= 15 is 0 Å². The molecule has 0 saturated heterocycles. The summed E-state index contributed by atoms with van der Waals surface area (Å²) in [5, 5.41) is 13.0. The molecule has 3 nitrogen and oxygen atoms in total. The molecule has 0 spiro atoms. The molecule has 0 aromatic heterocycles. The van der Waals surface area contributed by atoms with Crippen LogP contribution in [-0.2, 0) is 0 Å². The van der Waals surface area contributed by atoms with Crippen LogP contribution in [0.25, 0.3) is 0 Å². The number of rotatable bonds is 10. The van der Waals surface area contributed by atoms with Crippen LogP contribution in [0.2, 0.25) is 0 Å². The molecule has 0 heterocycles. The molecular weight excluding hydrogens is 212 g/mol. The van der Waals surface area contributed by atoms with Crippen molar-refractivity contribution >= 4 is 0 Å². The summed E-state index contributed by atoms with van der Waals surface area (Å²) in [6.45, 7) is 11.1. The van der Waals surface area contributed by atoms with Crippen LogP contribution < -0.4 is 5.32 Å². The third-order valence-electron chi connectivity index (χ3n) is 3.51. The quantitative estimate of drug-likeness (QED) is 0.619. The molecule has 0 saturated carbocycles. The molecule has 3 heteroatoms. The van der Waals surface area contributed by atoms with Gasteiger partial charge in [0.15, 0.2) is 0 Å². The lowest BCUT2D eigenvalue weighted by molar-refractivity contribution is 0.126. The van der Waals surface area contributed by atoms with E-state index in [1.54, 1.807) is 0 Å². The van der Waals surface area contributed by atoms with Crippen LogP contribution in [0.3, 0.4) is 0 Å². The third-order valence-corrected chi connectivity index (χ3v) is 3.51. The lowest BCUT2D eigenvalue weighted by Gasteiger charge is -2.35. The van der Waals surface area contributed by atoms with Crippen LogP contribution >= 0.6 is 0 Å². The van der Waals surface area contributed by atoms with Gasteiger partial charge in [0.25, 0.3) is 0 Å². The molecular formula is C14H32N2O. The Kier molecular flexibility index (Phi) is 8.83. The molecule has 2 unspecified atom stereocenters. The van der Waals surface area contributed by atoms with Gasteiger partial charge in [0.1, 0.15) is 0 Å². The molecule has 17 heavy (non-hydrogen) atoms. The predicted octanol–water partition coefficient (Wildman–Crippen LogP) is 2.25. The minimum atomic E-state index is -0.143. The number of unbranched alkanes of at least 4 members (excludes halogenated alkanes) is 1. The highest BCUT2D eigenvalue weighted by molar-refractivity contribution is 4.86. The summed E-state index contributed by atoms with van der Waals surface area (Å²) in [5.41, 5.74) is -0.143. The van der Waals surface area contributed by atoms with E-state index in [0.29, 0.717) is 6.04 Å². The Morgan fingerprint density at radius 3 is 2.41 bits per heavy atom. The van der Waals surface area contributed by atoms with Gasteiger partial charge in [0.05, 0.1) is 6.61 Å². The molecule has 0 amide bonds. The summed E-state index contributed by atoms with van der Waals surface area (Å²) in [5.74, 6) is 0. The second-order valence-corrected chi connectivity index (χ2v) is 5.53. The van der Waals surface area contributed by atoms with Crippen LogP contribution in [0.15, 0.2) is 0 Å². The average Bonchev–Trinajstić information content (AvgIpc) is 2.33. The average molecular weight is 244 g/mol. The van der Waals surface area contributed by atoms with E-state index in [1.165, 1.54) is 12.8 Å². The number of aliphatic hydroxyl groups is 1. The molecule has 0 aromatic carbocycles. The van der Waals surface area contributed by atoms with E-state index in [-0.39, 0.29) is 12.1 Å². The van der Waals surface area contributed by atoms with Gasteiger partial charge in [-0.1, -0.05) is 20.3 Å². The van der Waals surface area contributed by atoms with E-state index in [4.69, 9.17) is 0 Å². The molecule has 0 bridgehead atoms. The molecule has 0 aliphatic rings. The Labute approximate surface area is 108 Å². The fourth-order valence-electron chi connectivity index (χ4n) is 2.06. The fourth-order valence-corrected chi connectivity index (χ4v) is 2.06. The van der Waals surface area contributed by atoms with Gasteiger partial charge in [-0.15, -0.1) is 0 Å². The van der Waals surface area contributed by atoms with Gasteiger partial charge in [-0.3, -0.25) is 0 Å². The molecule has 0 rings (SSSR count). The highest BCUT2D eigenvalue weighted by Crippen LogP contribution is 2.15. The molecule has 0 radical (unpaired) electrons. The second kappa shape index (κ2) is 8.90. The predicted molar refractivity (Wildman–Crippen MR) is 75.4 cm³/mol. The van der Waals surface area contributed by atoms with Crippen LogP contribution in [0.4, 0.5) is 0 Å². The van der Waals surface area contributed by atoms with Crippen molar-refractivity contribution in [2.75, 3.05) is 26.7 Å². The van der Waals surface area contributed by atoms with Crippen LogP contribution in [0, 0.1) is 0 Å². The maximum atomic E-state index is 9.54. The lowest BCUT2D eigenvalue weighted by Crippen LogP contribution is -2.50. The first-order valence-electron chi connectivity index (χ1n) is 7.05. The molecule has 0 aliphatic heterocycles. The van der Waals surface area contributed by atoms with Gasteiger partial charge < -0.3 is 15.3 Å². The highest BCUT2D eigenvalue weighted by Gasteiger charge is 2.26. The molecule has 0 aromatic rings. The number of hydrogen-bond acceptors (Lipinski definition) is 3. The largest absolute Gasteiger partial charge is 0.394 e. The van der Waals surface area contributed by atoms with Gasteiger partial charge >= 0.3 is 0 Å². The van der Waals surface area contributed by atoms with Crippen molar-refractivity contribution in [1.29, 1.82) is 0 Å². The second-order valence-electron chi connectivity index (χ2n) is 5.53. The number of nitrogens with zero attached hydrogens (tertiary/aromatic N) is 1. The third kappa shape index (κ3) is 7.02. The SMILES string of the molecule is CCCCN(C)C(C)CC(C)(CO)NCCC. The zero-order valence-corrected chi connectivity index (χ0v) is 12.4. The molecule has 2 atom stereocenters. The minimum absolute atomic E-state index is 0.143. The van der Waals surface area contributed by atoms with Gasteiger partial charge in [-0.2, -0.15) is 0 Å². The zero-order chi connectivity index (χ0) is 13.3. The minimum Gasteiger partial charge on any atom is -0.394 e. The summed E-state index contributed by atoms with van der Waals surface area (Å²) < 4.78 is 0. The van der Waals surface area contributed by atoms with Crippen molar-refractivity contribution in [2.45, 2.75) is 65.0 Å². The van der Waals surface area contributed by atoms with Crippen molar-refractivity contribution < 1.29 is 5.11 Å². The molecule has 104 valence electrons. The van der Waals surface area contributed by atoms with E-state index in [2.05, 4.69) is 45.0 Å². The Morgan fingerprint density at radius 2 is 1.94 bits per heavy atom.